The second-order valence-corrected chi connectivity index (χ2v) is 4.77. The van der Waals surface area contributed by atoms with Crippen molar-refractivity contribution in [2.45, 2.75) is 33.3 Å². The molecule has 18 heavy (non-hydrogen) atoms. The Morgan fingerprint density at radius 2 is 2.00 bits per heavy atom. The summed E-state index contributed by atoms with van der Waals surface area (Å²) in [6, 6.07) is 7.18. The van der Waals surface area contributed by atoms with Gasteiger partial charge in [0.15, 0.2) is 0 Å². The molecule has 1 rings (SSSR count). The Morgan fingerprint density at radius 1 is 1.33 bits per heavy atom. The third kappa shape index (κ3) is 4.75. The standard InChI is InChI=1S/C14H22N2O2/c1-10(2)8-9-18-11(3)14(17)16-13-7-5-4-6-12(13)15/h4-7,10-11H,8-9,15H2,1-3H3,(H,16,17). The number of hydrogen-bond acceptors (Lipinski definition) is 3. The molecule has 0 aliphatic carbocycles. The zero-order valence-corrected chi connectivity index (χ0v) is 11.3. The Morgan fingerprint density at radius 3 is 2.61 bits per heavy atom. The fourth-order valence-electron chi connectivity index (χ4n) is 1.40. The lowest BCUT2D eigenvalue weighted by Crippen LogP contribution is -2.28. The molecule has 4 heteroatoms. The molecule has 1 unspecified atom stereocenters. The van der Waals surface area contributed by atoms with Crippen LogP contribution in [-0.2, 0) is 9.53 Å². The highest BCUT2D eigenvalue weighted by Gasteiger charge is 2.14. The van der Waals surface area contributed by atoms with E-state index in [9.17, 15) is 4.79 Å². The fourth-order valence-corrected chi connectivity index (χ4v) is 1.40. The summed E-state index contributed by atoms with van der Waals surface area (Å²) < 4.78 is 5.47. The van der Waals surface area contributed by atoms with Crippen molar-refractivity contribution in [3.05, 3.63) is 24.3 Å². The molecule has 0 heterocycles. The number of anilines is 2. The predicted molar refractivity (Wildman–Crippen MR) is 74.4 cm³/mol. The number of rotatable bonds is 6. The first-order valence-corrected chi connectivity index (χ1v) is 6.27. The van der Waals surface area contributed by atoms with E-state index < -0.39 is 6.10 Å². The number of hydrogen-bond donors (Lipinski definition) is 2. The third-order valence-corrected chi connectivity index (χ3v) is 2.65. The number of benzene rings is 1. The van der Waals surface area contributed by atoms with Gasteiger partial charge in [0.1, 0.15) is 6.10 Å². The quantitative estimate of drug-likeness (QED) is 0.763. The summed E-state index contributed by atoms with van der Waals surface area (Å²) in [5.41, 5.74) is 6.94. The van der Waals surface area contributed by atoms with Gasteiger partial charge in [-0.15, -0.1) is 0 Å². The Bertz CT molecular complexity index is 391. The van der Waals surface area contributed by atoms with Gasteiger partial charge in [0.05, 0.1) is 11.4 Å². The van der Waals surface area contributed by atoms with Crippen LogP contribution in [0.3, 0.4) is 0 Å². The zero-order valence-electron chi connectivity index (χ0n) is 11.3. The monoisotopic (exact) mass is 250 g/mol. The Balaban J connectivity index is 2.43. The van der Waals surface area contributed by atoms with Gasteiger partial charge in [-0.1, -0.05) is 26.0 Å². The molecular formula is C14H22N2O2. The maximum Gasteiger partial charge on any atom is 0.253 e. The van der Waals surface area contributed by atoms with Gasteiger partial charge < -0.3 is 15.8 Å². The lowest BCUT2D eigenvalue weighted by molar-refractivity contribution is -0.126. The number of para-hydroxylation sites is 2. The molecule has 0 aromatic heterocycles. The lowest BCUT2D eigenvalue weighted by atomic mass is 10.1. The van der Waals surface area contributed by atoms with Crippen LogP contribution in [0.25, 0.3) is 0 Å². The Hall–Kier alpha value is -1.55. The summed E-state index contributed by atoms with van der Waals surface area (Å²) in [7, 11) is 0. The maximum atomic E-state index is 11.8. The summed E-state index contributed by atoms with van der Waals surface area (Å²) in [4.78, 5) is 11.8. The van der Waals surface area contributed by atoms with Gasteiger partial charge in [-0.2, -0.15) is 0 Å². The van der Waals surface area contributed by atoms with Crippen LogP contribution in [0.5, 0.6) is 0 Å². The number of carbonyl (C=O) groups is 1. The molecule has 1 aromatic carbocycles. The van der Waals surface area contributed by atoms with Crippen molar-refractivity contribution in [3.8, 4) is 0 Å². The molecule has 0 radical (unpaired) electrons. The lowest BCUT2D eigenvalue weighted by Gasteiger charge is -2.15. The van der Waals surface area contributed by atoms with E-state index in [1.165, 1.54) is 0 Å². The molecule has 0 aliphatic heterocycles. The molecule has 3 N–H and O–H groups in total. The smallest absolute Gasteiger partial charge is 0.253 e. The van der Waals surface area contributed by atoms with E-state index in [1.807, 2.05) is 12.1 Å². The molecule has 0 fully saturated rings. The summed E-state index contributed by atoms with van der Waals surface area (Å²) in [6.07, 6.45) is 0.480. The minimum Gasteiger partial charge on any atom is -0.397 e. The number of nitrogens with one attached hydrogen (secondary N) is 1. The number of carbonyl (C=O) groups excluding carboxylic acids is 1. The third-order valence-electron chi connectivity index (χ3n) is 2.65. The van der Waals surface area contributed by atoms with Gasteiger partial charge in [0, 0.05) is 6.61 Å². The SMILES string of the molecule is CC(C)CCOC(C)C(=O)Nc1ccccc1N. The van der Waals surface area contributed by atoms with Crippen molar-refractivity contribution in [2.75, 3.05) is 17.7 Å². The van der Waals surface area contributed by atoms with Crippen LogP contribution in [0.15, 0.2) is 24.3 Å². The second-order valence-electron chi connectivity index (χ2n) is 4.77. The van der Waals surface area contributed by atoms with Crippen molar-refractivity contribution in [1.29, 1.82) is 0 Å². The predicted octanol–water partition coefficient (Wildman–Crippen LogP) is 2.66. The van der Waals surface area contributed by atoms with Crippen LogP contribution < -0.4 is 11.1 Å². The van der Waals surface area contributed by atoms with Crippen LogP contribution in [0, 0.1) is 5.92 Å². The molecule has 1 amide bonds. The van der Waals surface area contributed by atoms with Gasteiger partial charge in [-0.3, -0.25) is 4.79 Å². The van der Waals surface area contributed by atoms with Crippen molar-refractivity contribution >= 4 is 17.3 Å². The highest BCUT2D eigenvalue weighted by molar-refractivity contribution is 5.96. The van der Waals surface area contributed by atoms with E-state index in [-0.39, 0.29) is 5.91 Å². The van der Waals surface area contributed by atoms with Crippen molar-refractivity contribution in [2.24, 2.45) is 5.92 Å². The fraction of sp³-hybridized carbons (Fsp3) is 0.500. The first kappa shape index (κ1) is 14.5. The molecule has 100 valence electrons. The summed E-state index contributed by atoms with van der Waals surface area (Å²) in [5.74, 6) is 0.404. The average molecular weight is 250 g/mol. The van der Waals surface area contributed by atoms with E-state index in [1.54, 1.807) is 19.1 Å². The van der Waals surface area contributed by atoms with Gasteiger partial charge in [-0.05, 0) is 31.4 Å². The molecule has 0 saturated heterocycles. The first-order chi connectivity index (χ1) is 8.50. The number of ether oxygens (including phenoxy) is 1. The van der Waals surface area contributed by atoms with Crippen LogP contribution in [0.4, 0.5) is 11.4 Å². The summed E-state index contributed by atoms with van der Waals surface area (Å²) in [6.45, 7) is 6.59. The Labute approximate surface area is 109 Å². The van der Waals surface area contributed by atoms with Crippen molar-refractivity contribution < 1.29 is 9.53 Å². The van der Waals surface area contributed by atoms with Crippen molar-refractivity contribution in [3.63, 3.8) is 0 Å². The zero-order chi connectivity index (χ0) is 13.5. The minimum atomic E-state index is -0.469. The summed E-state index contributed by atoms with van der Waals surface area (Å²) >= 11 is 0. The minimum absolute atomic E-state index is 0.170. The molecule has 0 saturated carbocycles. The van der Waals surface area contributed by atoms with Crippen LogP contribution in [-0.4, -0.2) is 18.6 Å². The molecule has 0 bridgehead atoms. The second kappa shape index (κ2) is 7.01. The number of nitrogen functional groups attached to an aromatic ring is 1. The molecule has 1 aromatic rings. The van der Waals surface area contributed by atoms with Crippen LogP contribution in [0.2, 0.25) is 0 Å². The molecule has 4 nitrogen and oxygen atoms in total. The molecule has 0 spiro atoms. The normalized spacial score (nSPS) is 12.4. The number of amides is 1. The van der Waals surface area contributed by atoms with E-state index >= 15 is 0 Å². The maximum absolute atomic E-state index is 11.8. The topological polar surface area (TPSA) is 64.3 Å². The highest BCUT2D eigenvalue weighted by atomic mass is 16.5. The van der Waals surface area contributed by atoms with Crippen molar-refractivity contribution in [1.82, 2.24) is 0 Å². The van der Waals surface area contributed by atoms with Gasteiger partial charge in [-0.25, -0.2) is 0 Å². The van der Waals surface area contributed by atoms with Gasteiger partial charge in [0.2, 0.25) is 0 Å². The van der Waals surface area contributed by atoms with Gasteiger partial charge in [0.25, 0.3) is 5.91 Å². The van der Waals surface area contributed by atoms with Gasteiger partial charge >= 0.3 is 0 Å². The number of nitrogens with two attached hydrogens (primary N) is 1. The highest BCUT2D eigenvalue weighted by Crippen LogP contribution is 2.17. The largest absolute Gasteiger partial charge is 0.397 e. The van der Waals surface area contributed by atoms with E-state index in [4.69, 9.17) is 10.5 Å². The van der Waals surface area contributed by atoms with E-state index in [0.717, 1.165) is 6.42 Å². The van der Waals surface area contributed by atoms with Crippen LogP contribution in [0.1, 0.15) is 27.2 Å². The van der Waals surface area contributed by atoms with Crippen LogP contribution >= 0.6 is 0 Å². The summed E-state index contributed by atoms with van der Waals surface area (Å²) in [5, 5.41) is 2.76. The Kier molecular flexibility index (Phi) is 5.65. The average Bonchev–Trinajstić information content (AvgIpc) is 2.31. The molecular weight excluding hydrogens is 228 g/mol. The molecule has 0 aliphatic rings. The van der Waals surface area contributed by atoms with E-state index in [0.29, 0.717) is 23.9 Å². The first-order valence-electron chi connectivity index (χ1n) is 6.27. The van der Waals surface area contributed by atoms with E-state index in [2.05, 4.69) is 19.2 Å². The molecule has 1 atom stereocenters.